The van der Waals surface area contributed by atoms with Gasteiger partial charge in [-0.25, -0.2) is 0 Å². The Morgan fingerprint density at radius 3 is 2.63 bits per heavy atom. The smallest absolute Gasteiger partial charge is 0.322 e. The van der Waals surface area contributed by atoms with Crippen molar-refractivity contribution in [3.63, 3.8) is 0 Å². The van der Waals surface area contributed by atoms with E-state index in [0.717, 1.165) is 5.56 Å². The third kappa shape index (κ3) is 2.73. The summed E-state index contributed by atoms with van der Waals surface area (Å²) in [4.78, 5) is 27.4. The molecule has 2 heterocycles. The summed E-state index contributed by atoms with van der Waals surface area (Å²) in [7, 11) is 2.67. The Kier molecular flexibility index (Phi) is 4.11. The fourth-order valence-electron chi connectivity index (χ4n) is 2.37. The Hall–Kier alpha value is -1.95. The van der Waals surface area contributed by atoms with Crippen LogP contribution in [0.15, 0.2) is 24.5 Å². The standard InChI is InChI=1S/C13H16N2O4/c1-18-12(16)9-6-10(13(17)19-2)15-11(9)8-4-3-5-14-7-8/h3-5,7,9-11,15H,6H2,1-2H3/t9-,10+,11+/m0/s1. The highest BCUT2D eigenvalue weighted by molar-refractivity contribution is 5.80. The predicted octanol–water partition coefficient (Wildman–Crippen LogP) is 0.447. The molecule has 0 saturated carbocycles. The van der Waals surface area contributed by atoms with E-state index >= 15 is 0 Å². The minimum atomic E-state index is -0.501. The number of aromatic nitrogens is 1. The van der Waals surface area contributed by atoms with Crippen molar-refractivity contribution >= 4 is 11.9 Å². The number of rotatable bonds is 3. The molecule has 19 heavy (non-hydrogen) atoms. The lowest BCUT2D eigenvalue weighted by atomic mass is 9.94. The minimum Gasteiger partial charge on any atom is -0.469 e. The monoisotopic (exact) mass is 264 g/mol. The zero-order valence-corrected chi connectivity index (χ0v) is 10.8. The highest BCUT2D eigenvalue weighted by atomic mass is 16.5. The van der Waals surface area contributed by atoms with Crippen LogP contribution in [0.1, 0.15) is 18.0 Å². The second-order valence-corrected chi connectivity index (χ2v) is 4.37. The number of esters is 2. The van der Waals surface area contributed by atoms with Crippen LogP contribution >= 0.6 is 0 Å². The second kappa shape index (κ2) is 5.79. The first-order chi connectivity index (χ1) is 9.17. The Labute approximate surface area is 111 Å². The lowest BCUT2D eigenvalue weighted by Gasteiger charge is -2.17. The van der Waals surface area contributed by atoms with Gasteiger partial charge >= 0.3 is 11.9 Å². The van der Waals surface area contributed by atoms with Crippen molar-refractivity contribution in [1.29, 1.82) is 0 Å². The van der Waals surface area contributed by atoms with Crippen molar-refractivity contribution < 1.29 is 19.1 Å². The van der Waals surface area contributed by atoms with E-state index in [1.165, 1.54) is 14.2 Å². The molecule has 6 nitrogen and oxygen atoms in total. The van der Waals surface area contributed by atoms with Gasteiger partial charge in [0.1, 0.15) is 6.04 Å². The zero-order valence-electron chi connectivity index (χ0n) is 10.8. The van der Waals surface area contributed by atoms with E-state index < -0.39 is 12.0 Å². The summed E-state index contributed by atoms with van der Waals surface area (Å²) in [6.07, 6.45) is 3.69. The highest BCUT2D eigenvalue weighted by Crippen LogP contribution is 2.33. The van der Waals surface area contributed by atoms with Crippen LogP contribution in [0, 0.1) is 5.92 Å². The van der Waals surface area contributed by atoms with Gasteiger partial charge in [-0.2, -0.15) is 0 Å². The van der Waals surface area contributed by atoms with E-state index in [0.29, 0.717) is 6.42 Å². The van der Waals surface area contributed by atoms with Gasteiger partial charge in [-0.3, -0.25) is 19.9 Å². The van der Waals surface area contributed by atoms with Crippen molar-refractivity contribution in [3.8, 4) is 0 Å². The first kappa shape index (κ1) is 13.5. The van der Waals surface area contributed by atoms with Crippen LogP contribution in [0.5, 0.6) is 0 Å². The van der Waals surface area contributed by atoms with E-state index in [1.807, 2.05) is 6.07 Å². The van der Waals surface area contributed by atoms with Gasteiger partial charge in [0.25, 0.3) is 0 Å². The Morgan fingerprint density at radius 1 is 1.32 bits per heavy atom. The summed E-state index contributed by atoms with van der Waals surface area (Å²) in [6, 6.07) is 2.86. The van der Waals surface area contributed by atoms with E-state index in [4.69, 9.17) is 9.47 Å². The molecule has 2 rings (SSSR count). The quantitative estimate of drug-likeness (QED) is 0.799. The maximum atomic E-state index is 11.8. The average molecular weight is 264 g/mol. The van der Waals surface area contributed by atoms with Gasteiger partial charge in [0.15, 0.2) is 0 Å². The molecular weight excluding hydrogens is 248 g/mol. The molecule has 1 fully saturated rings. The summed E-state index contributed by atoms with van der Waals surface area (Å²) >= 11 is 0. The van der Waals surface area contributed by atoms with Crippen LogP contribution in [0.25, 0.3) is 0 Å². The Morgan fingerprint density at radius 2 is 2.05 bits per heavy atom. The molecule has 0 unspecified atom stereocenters. The number of pyridine rings is 1. The van der Waals surface area contributed by atoms with Gasteiger partial charge in [-0.05, 0) is 18.1 Å². The Balaban J connectivity index is 2.24. The molecule has 1 aliphatic heterocycles. The molecule has 102 valence electrons. The average Bonchev–Trinajstić information content (AvgIpc) is 2.91. The molecular formula is C13H16N2O4. The number of nitrogens with zero attached hydrogens (tertiary/aromatic N) is 1. The fourth-order valence-corrected chi connectivity index (χ4v) is 2.37. The zero-order chi connectivity index (χ0) is 13.8. The van der Waals surface area contributed by atoms with Gasteiger partial charge in [0.05, 0.1) is 20.1 Å². The summed E-state index contributed by atoms with van der Waals surface area (Å²) in [5.41, 5.74) is 0.851. The predicted molar refractivity (Wildman–Crippen MR) is 66.0 cm³/mol. The number of carbonyl (C=O) groups excluding carboxylic acids is 2. The first-order valence-electron chi connectivity index (χ1n) is 5.99. The van der Waals surface area contributed by atoms with Gasteiger partial charge in [-0.15, -0.1) is 0 Å². The summed E-state index contributed by atoms with van der Waals surface area (Å²) < 4.78 is 9.51. The van der Waals surface area contributed by atoms with Crippen LogP contribution in [-0.2, 0) is 19.1 Å². The molecule has 0 amide bonds. The van der Waals surface area contributed by atoms with Crippen molar-refractivity contribution in [3.05, 3.63) is 30.1 Å². The molecule has 1 aromatic rings. The molecule has 0 aliphatic carbocycles. The maximum absolute atomic E-state index is 11.8. The van der Waals surface area contributed by atoms with Gasteiger partial charge in [-0.1, -0.05) is 6.07 Å². The van der Waals surface area contributed by atoms with Crippen LogP contribution in [0.4, 0.5) is 0 Å². The molecule has 6 heteroatoms. The largest absolute Gasteiger partial charge is 0.469 e. The number of carbonyl (C=O) groups is 2. The fraction of sp³-hybridized carbons (Fsp3) is 0.462. The molecule has 0 aromatic carbocycles. The van der Waals surface area contributed by atoms with E-state index in [2.05, 4.69) is 10.3 Å². The van der Waals surface area contributed by atoms with Gasteiger partial charge in [0.2, 0.25) is 0 Å². The number of nitrogens with one attached hydrogen (secondary N) is 1. The number of hydrogen-bond donors (Lipinski definition) is 1. The van der Waals surface area contributed by atoms with Crippen molar-refractivity contribution in [2.24, 2.45) is 5.92 Å². The maximum Gasteiger partial charge on any atom is 0.322 e. The summed E-state index contributed by atoms with van der Waals surface area (Å²) in [5.74, 6) is -1.13. The van der Waals surface area contributed by atoms with Crippen molar-refractivity contribution in [1.82, 2.24) is 10.3 Å². The van der Waals surface area contributed by atoms with Crippen molar-refractivity contribution in [2.75, 3.05) is 14.2 Å². The molecule has 3 atom stereocenters. The lowest BCUT2D eigenvalue weighted by Crippen LogP contribution is -2.33. The van der Waals surface area contributed by atoms with Crippen LogP contribution in [-0.4, -0.2) is 37.2 Å². The third-order valence-corrected chi connectivity index (χ3v) is 3.31. The molecule has 0 bridgehead atoms. The summed E-state index contributed by atoms with van der Waals surface area (Å²) in [6.45, 7) is 0. The lowest BCUT2D eigenvalue weighted by molar-refractivity contribution is -0.146. The number of methoxy groups -OCH3 is 2. The topological polar surface area (TPSA) is 77.5 Å². The molecule has 0 spiro atoms. The van der Waals surface area contributed by atoms with E-state index in [-0.39, 0.29) is 18.0 Å². The normalized spacial score (nSPS) is 25.9. The van der Waals surface area contributed by atoms with Crippen LogP contribution < -0.4 is 5.32 Å². The first-order valence-corrected chi connectivity index (χ1v) is 5.99. The van der Waals surface area contributed by atoms with Crippen LogP contribution in [0.2, 0.25) is 0 Å². The Bertz CT molecular complexity index is 463. The van der Waals surface area contributed by atoms with E-state index in [1.54, 1.807) is 18.5 Å². The molecule has 1 aliphatic rings. The number of hydrogen-bond acceptors (Lipinski definition) is 6. The SMILES string of the molecule is COC(=O)[C@H]1C[C@H](C(=O)OC)N[C@@H]1c1cccnc1. The third-order valence-electron chi connectivity index (χ3n) is 3.31. The summed E-state index contributed by atoms with van der Waals surface area (Å²) in [5, 5.41) is 3.11. The molecule has 1 N–H and O–H groups in total. The van der Waals surface area contributed by atoms with Crippen molar-refractivity contribution in [2.45, 2.75) is 18.5 Å². The van der Waals surface area contributed by atoms with Crippen LogP contribution in [0.3, 0.4) is 0 Å². The molecule has 1 saturated heterocycles. The van der Waals surface area contributed by atoms with Gasteiger partial charge in [0, 0.05) is 18.4 Å². The minimum absolute atomic E-state index is 0.287. The van der Waals surface area contributed by atoms with E-state index in [9.17, 15) is 9.59 Å². The molecule has 1 aromatic heterocycles. The second-order valence-electron chi connectivity index (χ2n) is 4.37. The number of ether oxygens (including phenoxy) is 2. The van der Waals surface area contributed by atoms with Gasteiger partial charge < -0.3 is 9.47 Å². The molecule has 0 radical (unpaired) electrons. The highest BCUT2D eigenvalue weighted by Gasteiger charge is 2.43.